The van der Waals surface area contributed by atoms with E-state index in [1.54, 1.807) is 6.26 Å². The zero-order chi connectivity index (χ0) is 15.6. The van der Waals surface area contributed by atoms with Crippen LogP contribution < -0.4 is 5.32 Å². The van der Waals surface area contributed by atoms with Gasteiger partial charge in [-0.2, -0.15) is 0 Å². The zero-order valence-corrected chi connectivity index (χ0v) is 13.6. The molecule has 1 aromatic heterocycles. The second kappa shape index (κ2) is 6.37. The van der Waals surface area contributed by atoms with Gasteiger partial charge in [-0.3, -0.25) is 4.79 Å². The first kappa shape index (κ1) is 14.8. The van der Waals surface area contributed by atoms with E-state index in [-0.39, 0.29) is 5.91 Å². The molecule has 3 aliphatic heterocycles. The number of nitrogens with zero attached hydrogens (tertiary/aromatic N) is 2. The fraction of sp³-hybridized carbons (Fsp3) is 0.412. The summed E-state index contributed by atoms with van der Waals surface area (Å²) in [4.78, 5) is 15.9. The van der Waals surface area contributed by atoms with E-state index in [0.717, 1.165) is 16.5 Å². The van der Waals surface area contributed by atoms with Crippen LogP contribution in [0.3, 0.4) is 0 Å². The first-order valence-corrected chi connectivity index (χ1v) is 8.81. The molecular formula is C17H19N3O2S. The summed E-state index contributed by atoms with van der Waals surface area (Å²) in [6.07, 6.45) is 3.97. The van der Waals surface area contributed by atoms with Gasteiger partial charge in [0.15, 0.2) is 0 Å². The van der Waals surface area contributed by atoms with Gasteiger partial charge in [-0.25, -0.2) is 0 Å². The second-order valence-corrected chi connectivity index (χ2v) is 7.28. The number of benzene rings is 1. The lowest BCUT2D eigenvalue weighted by Crippen LogP contribution is -2.57. The van der Waals surface area contributed by atoms with Gasteiger partial charge >= 0.3 is 0 Å². The first-order valence-electron chi connectivity index (χ1n) is 7.99. The van der Waals surface area contributed by atoms with Crippen molar-refractivity contribution < 1.29 is 9.32 Å². The van der Waals surface area contributed by atoms with Crippen molar-refractivity contribution in [2.75, 3.05) is 19.6 Å². The van der Waals surface area contributed by atoms with Gasteiger partial charge in [0.2, 0.25) is 0 Å². The number of aromatic nitrogens is 1. The third kappa shape index (κ3) is 3.28. The van der Waals surface area contributed by atoms with Gasteiger partial charge in [0, 0.05) is 29.1 Å². The molecule has 2 aromatic rings. The molecule has 3 saturated heterocycles. The summed E-state index contributed by atoms with van der Waals surface area (Å²) >= 11 is 1.52. The zero-order valence-electron chi connectivity index (χ0n) is 12.8. The highest BCUT2D eigenvalue weighted by Crippen LogP contribution is 2.28. The highest BCUT2D eigenvalue weighted by molar-refractivity contribution is 7.99. The van der Waals surface area contributed by atoms with E-state index in [4.69, 9.17) is 4.52 Å². The maximum Gasteiger partial charge on any atom is 0.251 e. The Labute approximate surface area is 139 Å². The summed E-state index contributed by atoms with van der Waals surface area (Å²) in [5.74, 6) is 0.674. The van der Waals surface area contributed by atoms with Crippen LogP contribution >= 0.6 is 11.8 Å². The smallest absolute Gasteiger partial charge is 0.251 e. The van der Waals surface area contributed by atoms with Crippen LogP contribution in [0.15, 0.2) is 51.0 Å². The topological polar surface area (TPSA) is 58.4 Å². The van der Waals surface area contributed by atoms with Gasteiger partial charge in [-0.1, -0.05) is 16.9 Å². The van der Waals surface area contributed by atoms with E-state index >= 15 is 0 Å². The molecule has 0 unspecified atom stereocenters. The molecule has 23 heavy (non-hydrogen) atoms. The summed E-state index contributed by atoms with van der Waals surface area (Å²) in [5, 5.41) is 7.90. The molecule has 3 aliphatic rings. The van der Waals surface area contributed by atoms with E-state index < -0.39 is 0 Å². The third-order valence-corrected chi connectivity index (χ3v) is 5.65. The molecule has 5 nitrogen and oxygen atoms in total. The average molecular weight is 329 g/mol. The molecule has 6 heteroatoms. The number of piperidine rings is 3. The normalized spacial score (nSPS) is 26.2. The average Bonchev–Trinajstić information content (AvgIpc) is 3.09. The van der Waals surface area contributed by atoms with Crippen molar-refractivity contribution in [3.63, 3.8) is 0 Å². The molecule has 1 amide bonds. The first-order chi connectivity index (χ1) is 11.3. The number of fused-ring (bicyclic) bond motifs is 3. The van der Waals surface area contributed by atoms with E-state index in [1.807, 2.05) is 30.3 Å². The highest BCUT2D eigenvalue weighted by Gasteiger charge is 2.34. The van der Waals surface area contributed by atoms with Crippen molar-refractivity contribution in [1.29, 1.82) is 0 Å². The third-order valence-electron chi connectivity index (χ3n) is 4.73. The van der Waals surface area contributed by atoms with Crippen molar-refractivity contribution >= 4 is 17.7 Å². The maximum atomic E-state index is 12.5. The molecule has 0 aliphatic carbocycles. The molecular weight excluding hydrogens is 310 g/mol. The predicted molar refractivity (Wildman–Crippen MR) is 87.5 cm³/mol. The molecule has 1 atom stereocenters. The largest absolute Gasteiger partial charge is 0.364 e. The summed E-state index contributed by atoms with van der Waals surface area (Å²) < 4.78 is 4.82. The minimum Gasteiger partial charge on any atom is -0.364 e. The summed E-state index contributed by atoms with van der Waals surface area (Å²) in [6, 6.07) is 9.76. The fourth-order valence-electron chi connectivity index (χ4n) is 3.43. The van der Waals surface area contributed by atoms with Gasteiger partial charge in [0.05, 0.1) is 0 Å². The van der Waals surface area contributed by atoms with Crippen molar-refractivity contribution in [3.05, 3.63) is 42.2 Å². The number of nitrogens with one attached hydrogen (secondary N) is 1. The van der Waals surface area contributed by atoms with Crippen molar-refractivity contribution in [3.8, 4) is 0 Å². The molecule has 0 saturated carbocycles. The highest BCUT2D eigenvalue weighted by atomic mass is 32.2. The Bertz CT molecular complexity index is 664. The van der Waals surface area contributed by atoms with Crippen LogP contribution in [-0.4, -0.2) is 41.6 Å². The van der Waals surface area contributed by atoms with Gasteiger partial charge in [0.25, 0.3) is 5.91 Å². The van der Waals surface area contributed by atoms with Crippen molar-refractivity contribution in [2.45, 2.75) is 28.8 Å². The fourth-order valence-corrected chi connectivity index (χ4v) is 4.15. The molecule has 5 rings (SSSR count). The molecule has 120 valence electrons. The Balaban J connectivity index is 1.38. The van der Waals surface area contributed by atoms with E-state index in [2.05, 4.69) is 15.4 Å². The lowest BCUT2D eigenvalue weighted by Gasteiger charge is -2.44. The lowest BCUT2D eigenvalue weighted by molar-refractivity contribution is 0.0620. The van der Waals surface area contributed by atoms with Crippen molar-refractivity contribution in [2.24, 2.45) is 5.92 Å². The molecule has 1 aromatic carbocycles. The molecule has 3 fully saturated rings. The summed E-state index contributed by atoms with van der Waals surface area (Å²) in [5.41, 5.74) is 0.714. The Morgan fingerprint density at radius 1 is 1.22 bits per heavy atom. The number of carbonyl (C=O) groups is 1. The Hall–Kier alpha value is -1.79. The standard InChI is InChI=1S/C17H19N3O2S/c21-17(18-15-11-20-8-5-12(15)6-9-20)13-1-3-14(4-2-13)23-16-7-10-22-19-16/h1-4,7,10,12,15H,5-6,8-9,11H2,(H,18,21)/t15-/m0/s1. The van der Waals surface area contributed by atoms with Gasteiger partial charge in [-0.15, -0.1) is 0 Å². The van der Waals surface area contributed by atoms with Crippen LogP contribution in [0.2, 0.25) is 0 Å². The minimum atomic E-state index is 0.0294. The lowest BCUT2D eigenvalue weighted by atomic mass is 9.84. The summed E-state index contributed by atoms with van der Waals surface area (Å²) in [7, 11) is 0. The molecule has 2 bridgehead atoms. The Kier molecular flexibility index (Phi) is 4.10. The summed E-state index contributed by atoms with van der Waals surface area (Å²) in [6.45, 7) is 3.37. The van der Waals surface area contributed by atoms with Gasteiger partial charge in [0.1, 0.15) is 11.3 Å². The maximum absolute atomic E-state index is 12.5. The molecule has 4 heterocycles. The molecule has 0 radical (unpaired) electrons. The van der Waals surface area contributed by atoms with Crippen molar-refractivity contribution in [1.82, 2.24) is 15.4 Å². The van der Waals surface area contributed by atoms with Gasteiger partial charge < -0.3 is 14.7 Å². The van der Waals surface area contributed by atoms with Crippen LogP contribution in [-0.2, 0) is 0 Å². The SMILES string of the molecule is O=C(N[C@H]1CN2CCC1CC2)c1ccc(Sc2ccon2)cc1. The van der Waals surface area contributed by atoms with Crippen LogP contribution in [0, 0.1) is 5.92 Å². The van der Waals surface area contributed by atoms with E-state index in [1.165, 1.54) is 37.7 Å². The molecule has 1 N–H and O–H groups in total. The number of rotatable bonds is 4. The quantitative estimate of drug-likeness (QED) is 0.934. The van der Waals surface area contributed by atoms with Crippen LogP contribution in [0.25, 0.3) is 0 Å². The van der Waals surface area contributed by atoms with Crippen LogP contribution in [0.4, 0.5) is 0 Å². The molecule has 0 spiro atoms. The second-order valence-electron chi connectivity index (χ2n) is 6.18. The number of carbonyl (C=O) groups excluding carboxylic acids is 1. The van der Waals surface area contributed by atoms with E-state index in [9.17, 15) is 4.79 Å². The number of hydrogen-bond donors (Lipinski definition) is 1. The van der Waals surface area contributed by atoms with Gasteiger partial charge in [-0.05, 0) is 56.1 Å². The number of amides is 1. The van der Waals surface area contributed by atoms with Crippen LogP contribution in [0.5, 0.6) is 0 Å². The predicted octanol–water partition coefficient (Wildman–Crippen LogP) is 2.65. The Morgan fingerprint density at radius 3 is 2.61 bits per heavy atom. The van der Waals surface area contributed by atoms with E-state index in [0.29, 0.717) is 17.5 Å². The minimum absolute atomic E-state index is 0.0294. The monoisotopic (exact) mass is 329 g/mol. The number of hydrogen-bond acceptors (Lipinski definition) is 5. The Morgan fingerprint density at radius 2 is 2.00 bits per heavy atom. The van der Waals surface area contributed by atoms with Crippen LogP contribution in [0.1, 0.15) is 23.2 Å².